The van der Waals surface area contributed by atoms with Gasteiger partial charge in [0.05, 0.1) is 17.4 Å². The third kappa shape index (κ3) is 6.84. The van der Waals surface area contributed by atoms with Crippen LogP contribution in [0.15, 0.2) is 53.6 Å². The van der Waals surface area contributed by atoms with Gasteiger partial charge in [0.2, 0.25) is 11.9 Å². The van der Waals surface area contributed by atoms with Crippen molar-refractivity contribution in [3.63, 3.8) is 0 Å². The number of hydrogen-bond acceptors (Lipinski definition) is 9. The molecule has 3 heterocycles. The van der Waals surface area contributed by atoms with Gasteiger partial charge in [-0.3, -0.25) is 9.59 Å². The summed E-state index contributed by atoms with van der Waals surface area (Å²) in [7, 11) is 3.62. The highest BCUT2D eigenvalue weighted by atomic mass is 32.2. The summed E-state index contributed by atoms with van der Waals surface area (Å²) in [6, 6.07) is 13.1. The standard InChI is InChI=1S/C20H19N5O2S.C7H14N2O.H2O.H2/c1-12-7-8-16-15(9-12)19(26)25(3)17-11-21-20(23-18(17)24(16)2)22-13-5-4-6-14(10-13)28-27;1-2-7(10)9-5-3-8-4-6-9;;/h4-11,27H,1-3H3,(H,21,22,23);8H,2-6H2,1H3;1H2;1H. The van der Waals surface area contributed by atoms with Crippen LogP contribution in [-0.2, 0) is 4.79 Å². The molecule has 2 aliphatic heterocycles. The first-order chi connectivity index (χ1) is 18.3. The van der Waals surface area contributed by atoms with E-state index in [4.69, 9.17) is 0 Å². The second kappa shape index (κ2) is 13.4. The molecule has 5 rings (SSSR count). The van der Waals surface area contributed by atoms with Gasteiger partial charge in [-0.1, -0.05) is 24.6 Å². The minimum Gasteiger partial charge on any atom is -0.412 e. The summed E-state index contributed by atoms with van der Waals surface area (Å²) in [4.78, 5) is 39.1. The first kappa shape index (κ1) is 29.8. The lowest BCUT2D eigenvalue weighted by Gasteiger charge is -2.26. The van der Waals surface area contributed by atoms with Crippen molar-refractivity contribution < 1.29 is 21.0 Å². The highest BCUT2D eigenvalue weighted by Gasteiger charge is 2.29. The molecule has 2 aromatic carbocycles. The molecule has 0 atom stereocenters. The smallest absolute Gasteiger partial charge is 0.260 e. The summed E-state index contributed by atoms with van der Waals surface area (Å²) in [5.74, 6) is 1.22. The van der Waals surface area contributed by atoms with Crippen molar-refractivity contribution in [1.82, 2.24) is 20.2 Å². The zero-order chi connectivity index (χ0) is 27.2. The number of amides is 2. The Morgan fingerprint density at radius 2 is 1.87 bits per heavy atom. The van der Waals surface area contributed by atoms with E-state index >= 15 is 0 Å². The maximum atomic E-state index is 12.9. The van der Waals surface area contributed by atoms with Crippen LogP contribution in [0.3, 0.4) is 0 Å². The predicted molar refractivity (Wildman–Crippen MR) is 158 cm³/mol. The van der Waals surface area contributed by atoms with Crippen LogP contribution in [-0.4, -0.2) is 77.0 Å². The molecular formula is C27H37N7O4S. The van der Waals surface area contributed by atoms with Crippen LogP contribution in [0.2, 0.25) is 0 Å². The second-order valence-electron chi connectivity index (χ2n) is 9.07. The van der Waals surface area contributed by atoms with E-state index in [2.05, 4.69) is 20.6 Å². The van der Waals surface area contributed by atoms with Crippen molar-refractivity contribution in [1.29, 1.82) is 0 Å². The number of hydrogen-bond donors (Lipinski definition) is 3. The molecular weight excluding hydrogens is 518 g/mol. The number of piperazine rings is 1. The van der Waals surface area contributed by atoms with E-state index in [-0.39, 0.29) is 18.7 Å². The molecule has 2 amide bonds. The maximum Gasteiger partial charge on any atom is 0.260 e. The number of nitrogens with one attached hydrogen (secondary N) is 2. The number of carbonyl (C=O) groups is 2. The normalized spacial score (nSPS) is 14.3. The molecule has 210 valence electrons. The molecule has 39 heavy (non-hydrogen) atoms. The lowest BCUT2D eigenvalue weighted by Crippen LogP contribution is -2.46. The van der Waals surface area contributed by atoms with Crippen molar-refractivity contribution in [3.8, 4) is 0 Å². The van der Waals surface area contributed by atoms with Gasteiger partial charge >= 0.3 is 0 Å². The Bertz CT molecular complexity index is 1320. The average Bonchev–Trinajstić information content (AvgIpc) is 3.02. The molecule has 0 bridgehead atoms. The average molecular weight is 556 g/mol. The first-order valence-electron chi connectivity index (χ1n) is 12.5. The first-order valence-corrected chi connectivity index (χ1v) is 13.3. The van der Waals surface area contributed by atoms with Gasteiger partial charge < -0.3 is 35.4 Å². The summed E-state index contributed by atoms with van der Waals surface area (Å²) in [5, 5.41) is 6.35. The molecule has 2 aliphatic rings. The fourth-order valence-corrected chi connectivity index (χ4v) is 4.64. The van der Waals surface area contributed by atoms with Gasteiger partial charge in [0.15, 0.2) is 5.82 Å². The number of rotatable bonds is 4. The molecule has 5 N–H and O–H groups in total. The predicted octanol–water partition coefficient (Wildman–Crippen LogP) is 3.70. The minimum atomic E-state index is -0.0960. The van der Waals surface area contributed by atoms with E-state index in [1.54, 1.807) is 30.3 Å². The number of aromatic nitrogens is 2. The number of benzene rings is 2. The third-order valence-corrected chi connectivity index (χ3v) is 6.91. The largest absolute Gasteiger partial charge is 0.412 e. The van der Waals surface area contributed by atoms with Crippen LogP contribution in [0.4, 0.5) is 28.8 Å². The molecule has 0 spiro atoms. The second-order valence-corrected chi connectivity index (χ2v) is 9.73. The summed E-state index contributed by atoms with van der Waals surface area (Å²) < 4.78 is 9.23. The van der Waals surface area contributed by atoms with Gasteiger partial charge in [0.1, 0.15) is 5.69 Å². The van der Waals surface area contributed by atoms with E-state index in [0.29, 0.717) is 46.4 Å². The van der Waals surface area contributed by atoms with E-state index in [0.717, 1.165) is 43.1 Å². The number of nitrogens with zero attached hydrogens (tertiary/aromatic N) is 5. The Morgan fingerprint density at radius 1 is 1.13 bits per heavy atom. The van der Waals surface area contributed by atoms with Crippen LogP contribution < -0.4 is 20.4 Å². The number of carbonyl (C=O) groups excluding carboxylic acids is 2. The summed E-state index contributed by atoms with van der Waals surface area (Å²) in [5.41, 5.74) is 3.84. The zero-order valence-electron chi connectivity index (χ0n) is 22.6. The minimum absolute atomic E-state index is 0. The molecule has 0 saturated carbocycles. The summed E-state index contributed by atoms with van der Waals surface area (Å²) in [6.45, 7) is 7.54. The van der Waals surface area contributed by atoms with Crippen LogP contribution in [0, 0.1) is 6.92 Å². The van der Waals surface area contributed by atoms with Gasteiger partial charge in [-0.25, -0.2) is 4.98 Å². The van der Waals surface area contributed by atoms with Crippen LogP contribution in [0.5, 0.6) is 0 Å². The van der Waals surface area contributed by atoms with E-state index in [1.807, 2.05) is 61.0 Å². The Kier molecular flexibility index (Phi) is 10.2. The van der Waals surface area contributed by atoms with Crippen molar-refractivity contribution in [2.75, 3.05) is 55.4 Å². The van der Waals surface area contributed by atoms with Gasteiger partial charge in [0.25, 0.3) is 5.91 Å². The Balaban J connectivity index is 0.000000399. The van der Waals surface area contributed by atoms with Crippen molar-refractivity contribution in [3.05, 3.63) is 59.8 Å². The SMILES string of the molecule is CCC(=O)N1CCNCC1.Cc1ccc2c(c1)C(=O)N(C)c1cnc(Nc3cccc(SO)c3)nc1N2C.O.[HH]. The lowest BCUT2D eigenvalue weighted by atomic mass is 10.1. The highest BCUT2D eigenvalue weighted by molar-refractivity contribution is 7.93. The van der Waals surface area contributed by atoms with Gasteiger partial charge in [-0.05, 0) is 37.3 Å². The van der Waals surface area contributed by atoms with E-state index in [1.165, 1.54) is 0 Å². The van der Waals surface area contributed by atoms with Crippen LogP contribution in [0.1, 0.15) is 30.7 Å². The van der Waals surface area contributed by atoms with Gasteiger partial charge in [0, 0.05) is 70.7 Å². The Labute approximate surface area is 234 Å². The van der Waals surface area contributed by atoms with Gasteiger partial charge in [-0.2, -0.15) is 4.98 Å². The fourth-order valence-electron chi connectivity index (χ4n) is 4.33. The molecule has 1 saturated heterocycles. The molecule has 12 heteroatoms. The van der Waals surface area contributed by atoms with Gasteiger partial charge in [-0.15, -0.1) is 0 Å². The topological polar surface area (TPSA) is 145 Å². The third-order valence-electron chi connectivity index (χ3n) is 6.45. The summed E-state index contributed by atoms with van der Waals surface area (Å²) in [6.07, 6.45) is 2.28. The van der Waals surface area contributed by atoms with Crippen molar-refractivity contribution >= 4 is 52.7 Å². The lowest BCUT2D eigenvalue weighted by molar-refractivity contribution is -0.131. The monoisotopic (exact) mass is 555 g/mol. The van der Waals surface area contributed by atoms with Crippen molar-refractivity contribution in [2.45, 2.75) is 25.2 Å². The molecule has 0 aliphatic carbocycles. The Morgan fingerprint density at radius 3 is 2.56 bits per heavy atom. The van der Waals surface area contributed by atoms with E-state index in [9.17, 15) is 14.1 Å². The Hall–Kier alpha value is -3.71. The number of fused-ring (bicyclic) bond motifs is 2. The maximum absolute atomic E-state index is 12.9. The number of aryl methyl sites for hydroxylation is 1. The summed E-state index contributed by atoms with van der Waals surface area (Å²) >= 11 is 0.680. The molecule has 3 aromatic rings. The van der Waals surface area contributed by atoms with Crippen molar-refractivity contribution in [2.24, 2.45) is 0 Å². The fraction of sp³-hybridized carbons (Fsp3) is 0.333. The van der Waals surface area contributed by atoms with E-state index < -0.39 is 0 Å². The molecule has 1 fully saturated rings. The quantitative estimate of drug-likeness (QED) is 0.410. The molecule has 11 nitrogen and oxygen atoms in total. The highest BCUT2D eigenvalue weighted by Crippen LogP contribution is 2.38. The molecule has 0 unspecified atom stereocenters. The molecule has 0 radical (unpaired) electrons. The zero-order valence-corrected chi connectivity index (χ0v) is 23.4. The number of anilines is 5. The molecule has 1 aromatic heterocycles. The van der Waals surface area contributed by atoms with Crippen LogP contribution >= 0.6 is 12.0 Å². The van der Waals surface area contributed by atoms with Crippen LogP contribution in [0.25, 0.3) is 0 Å².